The molecule has 1 N–H and O–H groups in total. The van der Waals surface area contributed by atoms with Crippen molar-refractivity contribution in [3.05, 3.63) is 29.6 Å². The predicted molar refractivity (Wildman–Crippen MR) is 60.4 cm³/mol. The molecule has 0 saturated heterocycles. The molecule has 0 radical (unpaired) electrons. The van der Waals surface area contributed by atoms with E-state index < -0.39 is 0 Å². The molecule has 0 fully saturated rings. The number of nitrogens with zero attached hydrogens (tertiary/aromatic N) is 1. The van der Waals surface area contributed by atoms with Crippen molar-refractivity contribution in [2.24, 2.45) is 5.92 Å². The van der Waals surface area contributed by atoms with Gasteiger partial charge >= 0.3 is 0 Å². The first-order valence-electron chi connectivity index (χ1n) is 5.22. The van der Waals surface area contributed by atoms with Crippen LogP contribution in [0.1, 0.15) is 25.1 Å². The maximum Gasteiger partial charge on any atom is 0.0421 e. The van der Waals surface area contributed by atoms with Gasteiger partial charge in [0, 0.05) is 24.4 Å². The molecule has 78 valence electrons. The lowest BCUT2D eigenvalue weighted by atomic mass is 9.99. The third-order valence-electron chi connectivity index (χ3n) is 2.58. The zero-order valence-electron chi connectivity index (χ0n) is 9.54. The largest absolute Gasteiger partial charge is 0.316 e. The Morgan fingerprint density at radius 3 is 2.64 bits per heavy atom. The summed E-state index contributed by atoms with van der Waals surface area (Å²) in [5, 5.41) is 3.33. The Kier molecular flexibility index (Phi) is 4.08. The lowest BCUT2D eigenvalue weighted by molar-refractivity contribution is 0.421. The van der Waals surface area contributed by atoms with Gasteiger partial charge < -0.3 is 5.32 Å². The van der Waals surface area contributed by atoms with Crippen LogP contribution in [-0.2, 0) is 6.42 Å². The zero-order valence-corrected chi connectivity index (χ0v) is 9.54. The molecule has 1 atom stereocenters. The van der Waals surface area contributed by atoms with E-state index in [4.69, 9.17) is 0 Å². The van der Waals surface area contributed by atoms with Crippen LogP contribution in [0, 0.1) is 12.8 Å². The molecule has 0 aliphatic carbocycles. The molecular formula is C12H20N2. The van der Waals surface area contributed by atoms with Gasteiger partial charge in [0.05, 0.1) is 0 Å². The Morgan fingerprint density at radius 1 is 1.43 bits per heavy atom. The number of nitrogens with one attached hydrogen (secondary N) is 1. The van der Waals surface area contributed by atoms with Gasteiger partial charge in [0.25, 0.3) is 0 Å². The van der Waals surface area contributed by atoms with Crippen LogP contribution in [0.15, 0.2) is 18.3 Å². The summed E-state index contributed by atoms with van der Waals surface area (Å²) in [4.78, 5) is 4.37. The second-order valence-corrected chi connectivity index (χ2v) is 4.17. The monoisotopic (exact) mass is 192 g/mol. The highest BCUT2D eigenvalue weighted by molar-refractivity contribution is 5.15. The highest BCUT2D eigenvalue weighted by atomic mass is 14.9. The first kappa shape index (κ1) is 11.2. The van der Waals surface area contributed by atoms with Crippen molar-refractivity contribution < 1.29 is 0 Å². The number of hydrogen-bond acceptors (Lipinski definition) is 2. The minimum atomic E-state index is 0.518. The Balaban J connectivity index is 2.67. The molecule has 0 amide bonds. The summed E-state index contributed by atoms with van der Waals surface area (Å²) in [6.45, 7) is 6.57. The first-order valence-corrected chi connectivity index (χ1v) is 5.22. The zero-order chi connectivity index (χ0) is 10.6. The van der Waals surface area contributed by atoms with E-state index in [2.05, 4.69) is 37.1 Å². The van der Waals surface area contributed by atoms with Crippen LogP contribution in [0.2, 0.25) is 0 Å². The van der Waals surface area contributed by atoms with Crippen molar-refractivity contribution in [2.45, 2.75) is 33.2 Å². The fourth-order valence-electron chi connectivity index (χ4n) is 1.61. The molecule has 1 aromatic rings. The molecule has 1 heterocycles. The standard InChI is InChI=1S/C12H20N2/c1-9(2)12(13-4)8-11-7-10(3)5-6-14-11/h5-7,9,12-13H,8H2,1-4H3. The van der Waals surface area contributed by atoms with Gasteiger partial charge in [-0.1, -0.05) is 13.8 Å². The van der Waals surface area contributed by atoms with Gasteiger partial charge in [-0.25, -0.2) is 0 Å². The van der Waals surface area contributed by atoms with E-state index in [0.29, 0.717) is 12.0 Å². The number of hydrogen-bond donors (Lipinski definition) is 1. The van der Waals surface area contributed by atoms with Crippen LogP contribution in [0.25, 0.3) is 0 Å². The van der Waals surface area contributed by atoms with Gasteiger partial charge in [-0.3, -0.25) is 4.98 Å². The molecular weight excluding hydrogens is 172 g/mol. The van der Waals surface area contributed by atoms with Crippen molar-refractivity contribution in [1.82, 2.24) is 10.3 Å². The van der Waals surface area contributed by atoms with Crippen molar-refractivity contribution in [1.29, 1.82) is 0 Å². The summed E-state index contributed by atoms with van der Waals surface area (Å²) in [6.07, 6.45) is 2.90. The fourth-order valence-corrected chi connectivity index (χ4v) is 1.61. The van der Waals surface area contributed by atoms with E-state index in [-0.39, 0.29) is 0 Å². The Labute approximate surface area is 86.8 Å². The minimum Gasteiger partial charge on any atom is -0.316 e. The maximum absolute atomic E-state index is 4.37. The third kappa shape index (κ3) is 3.11. The summed E-state index contributed by atoms with van der Waals surface area (Å²) < 4.78 is 0. The topological polar surface area (TPSA) is 24.9 Å². The van der Waals surface area contributed by atoms with E-state index in [1.54, 1.807) is 0 Å². The molecule has 0 saturated carbocycles. The number of aryl methyl sites for hydroxylation is 1. The van der Waals surface area contributed by atoms with Crippen LogP contribution in [0.5, 0.6) is 0 Å². The number of aromatic nitrogens is 1. The number of pyridine rings is 1. The Hall–Kier alpha value is -0.890. The number of rotatable bonds is 4. The summed E-state index contributed by atoms with van der Waals surface area (Å²) in [7, 11) is 2.01. The van der Waals surface area contributed by atoms with Gasteiger partial charge in [-0.05, 0) is 37.6 Å². The lowest BCUT2D eigenvalue weighted by Gasteiger charge is -2.19. The molecule has 0 aromatic carbocycles. The smallest absolute Gasteiger partial charge is 0.0421 e. The average Bonchev–Trinajstić information content (AvgIpc) is 2.14. The molecule has 0 aliphatic heterocycles. The summed E-state index contributed by atoms with van der Waals surface area (Å²) in [5.41, 5.74) is 2.46. The second-order valence-electron chi connectivity index (χ2n) is 4.17. The lowest BCUT2D eigenvalue weighted by Crippen LogP contribution is -2.33. The van der Waals surface area contributed by atoms with E-state index in [1.165, 1.54) is 11.3 Å². The van der Waals surface area contributed by atoms with Crippen molar-refractivity contribution in [3.63, 3.8) is 0 Å². The summed E-state index contributed by atoms with van der Waals surface area (Å²) >= 11 is 0. The SMILES string of the molecule is CNC(Cc1cc(C)ccn1)C(C)C. The van der Waals surface area contributed by atoms with Gasteiger partial charge in [-0.15, -0.1) is 0 Å². The Bertz CT molecular complexity index is 281. The van der Waals surface area contributed by atoms with Gasteiger partial charge in [0.1, 0.15) is 0 Å². The molecule has 0 bridgehead atoms. The Morgan fingerprint density at radius 2 is 2.14 bits per heavy atom. The molecule has 0 spiro atoms. The third-order valence-corrected chi connectivity index (χ3v) is 2.58. The maximum atomic E-state index is 4.37. The molecule has 14 heavy (non-hydrogen) atoms. The van der Waals surface area contributed by atoms with E-state index in [0.717, 1.165) is 6.42 Å². The van der Waals surface area contributed by atoms with Crippen molar-refractivity contribution in [3.8, 4) is 0 Å². The van der Waals surface area contributed by atoms with Gasteiger partial charge in [0.2, 0.25) is 0 Å². The van der Waals surface area contributed by atoms with Crippen LogP contribution >= 0.6 is 0 Å². The van der Waals surface area contributed by atoms with E-state index in [1.807, 2.05) is 19.3 Å². The highest BCUT2D eigenvalue weighted by Crippen LogP contribution is 2.09. The second kappa shape index (κ2) is 5.11. The van der Waals surface area contributed by atoms with E-state index in [9.17, 15) is 0 Å². The normalized spacial score (nSPS) is 13.2. The fraction of sp³-hybridized carbons (Fsp3) is 0.583. The first-order chi connectivity index (χ1) is 6.63. The van der Waals surface area contributed by atoms with Gasteiger partial charge in [0.15, 0.2) is 0 Å². The van der Waals surface area contributed by atoms with Crippen LogP contribution in [0.4, 0.5) is 0 Å². The van der Waals surface area contributed by atoms with Crippen LogP contribution in [-0.4, -0.2) is 18.1 Å². The summed E-state index contributed by atoms with van der Waals surface area (Å²) in [6, 6.07) is 4.71. The molecule has 1 unspecified atom stereocenters. The predicted octanol–water partition coefficient (Wildman–Crippen LogP) is 2.18. The van der Waals surface area contributed by atoms with Crippen LogP contribution < -0.4 is 5.32 Å². The van der Waals surface area contributed by atoms with Crippen LogP contribution in [0.3, 0.4) is 0 Å². The molecule has 2 nitrogen and oxygen atoms in total. The molecule has 0 aliphatic rings. The number of likely N-dealkylation sites (N-methyl/N-ethyl adjacent to an activating group) is 1. The van der Waals surface area contributed by atoms with Crippen molar-refractivity contribution >= 4 is 0 Å². The minimum absolute atomic E-state index is 0.518. The van der Waals surface area contributed by atoms with E-state index >= 15 is 0 Å². The van der Waals surface area contributed by atoms with Crippen molar-refractivity contribution in [2.75, 3.05) is 7.05 Å². The molecule has 2 heteroatoms. The molecule has 1 rings (SSSR count). The highest BCUT2D eigenvalue weighted by Gasteiger charge is 2.11. The summed E-state index contributed by atoms with van der Waals surface area (Å²) in [5.74, 6) is 0.641. The quantitative estimate of drug-likeness (QED) is 0.791. The molecule has 1 aromatic heterocycles. The average molecular weight is 192 g/mol. The van der Waals surface area contributed by atoms with Gasteiger partial charge in [-0.2, -0.15) is 0 Å².